The van der Waals surface area contributed by atoms with E-state index >= 15 is 0 Å². The van der Waals surface area contributed by atoms with E-state index in [2.05, 4.69) is 22.4 Å². The van der Waals surface area contributed by atoms with Gasteiger partial charge in [0.25, 0.3) is 5.91 Å². The monoisotopic (exact) mass is 455 g/mol. The van der Waals surface area contributed by atoms with Crippen LogP contribution in [0.25, 0.3) is 11.3 Å². The molecule has 2 aromatic carbocycles. The predicted octanol–water partition coefficient (Wildman–Crippen LogP) is 3.46. The van der Waals surface area contributed by atoms with Crippen LogP contribution in [0.5, 0.6) is 0 Å². The van der Waals surface area contributed by atoms with Crippen molar-refractivity contribution in [3.05, 3.63) is 83.9 Å². The second-order valence-corrected chi connectivity index (χ2v) is 8.99. The van der Waals surface area contributed by atoms with Gasteiger partial charge in [-0.3, -0.25) is 9.69 Å². The van der Waals surface area contributed by atoms with Gasteiger partial charge in [0.15, 0.2) is 0 Å². The van der Waals surface area contributed by atoms with Crippen LogP contribution in [-0.2, 0) is 17.8 Å². The van der Waals surface area contributed by atoms with Crippen molar-refractivity contribution in [2.75, 3.05) is 25.4 Å². The zero-order valence-corrected chi connectivity index (χ0v) is 19.1. The summed E-state index contributed by atoms with van der Waals surface area (Å²) in [7, 11) is 0. The zero-order chi connectivity index (χ0) is 23.5. The largest absolute Gasteiger partial charge is 0.384 e. The van der Waals surface area contributed by atoms with Crippen molar-refractivity contribution in [1.29, 1.82) is 0 Å². The molecule has 1 spiro atoms. The number of amides is 3. The first-order valence-corrected chi connectivity index (χ1v) is 11.8. The second kappa shape index (κ2) is 9.27. The Balaban J connectivity index is 1.34. The lowest BCUT2D eigenvalue weighted by atomic mass is 9.86. The molecule has 3 N–H and O–H groups in total. The summed E-state index contributed by atoms with van der Waals surface area (Å²) in [5, 5.41) is 3.33. The van der Waals surface area contributed by atoms with E-state index in [9.17, 15) is 9.59 Å². The molecule has 0 saturated carbocycles. The molecule has 3 amide bonds. The number of aromatic nitrogens is 1. The second-order valence-electron chi connectivity index (χ2n) is 8.99. The number of anilines is 1. The molecule has 2 saturated heterocycles. The van der Waals surface area contributed by atoms with Crippen molar-refractivity contribution >= 4 is 17.8 Å². The van der Waals surface area contributed by atoms with Crippen LogP contribution in [0.3, 0.4) is 0 Å². The van der Waals surface area contributed by atoms with Crippen molar-refractivity contribution in [2.24, 2.45) is 0 Å². The number of carbonyl (C=O) groups is 2. The highest BCUT2D eigenvalue weighted by atomic mass is 16.2. The lowest BCUT2D eigenvalue weighted by Crippen LogP contribution is -2.56. The average Bonchev–Trinajstić information content (AvgIpc) is 3.05. The Kier molecular flexibility index (Phi) is 6.02. The maximum absolute atomic E-state index is 13.6. The Morgan fingerprint density at radius 2 is 1.62 bits per heavy atom. The SMILES string of the molecule is Nc1cccc(-c2ccc(CCN3C(=O)N(Cc4ccccc4)C(=O)C34CCNCC4)cc2)n1. The van der Waals surface area contributed by atoms with Crippen LogP contribution < -0.4 is 11.1 Å². The first kappa shape index (κ1) is 22.1. The quantitative estimate of drug-likeness (QED) is 0.556. The molecule has 0 atom stereocenters. The molecule has 0 bridgehead atoms. The van der Waals surface area contributed by atoms with Gasteiger partial charge in [-0.25, -0.2) is 9.78 Å². The number of nitrogen functional groups attached to an aromatic ring is 1. The average molecular weight is 456 g/mol. The van der Waals surface area contributed by atoms with Gasteiger partial charge in [0.05, 0.1) is 12.2 Å². The summed E-state index contributed by atoms with van der Waals surface area (Å²) in [4.78, 5) is 34.7. The maximum atomic E-state index is 13.6. The van der Waals surface area contributed by atoms with Crippen LogP contribution in [0.2, 0.25) is 0 Å². The Morgan fingerprint density at radius 1 is 0.882 bits per heavy atom. The molecule has 2 aliphatic rings. The summed E-state index contributed by atoms with van der Waals surface area (Å²) in [6.07, 6.45) is 1.96. The summed E-state index contributed by atoms with van der Waals surface area (Å²) >= 11 is 0. The number of rotatable bonds is 6. The number of hydrogen-bond donors (Lipinski definition) is 2. The Morgan fingerprint density at radius 3 is 2.32 bits per heavy atom. The molecule has 34 heavy (non-hydrogen) atoms. The van der Waals surface area contributed by atoms with E-state index in [0.29, 0.717) is 38.2 Å². The van der Waals surface area contributed by atoms with Crippen LogP contribution >= 0.6 is 0 Å². The van der Waals surface area contributed by atoms with Crippen molar-refractivity contribution in [3.63, 3.8) is 0 Å². The fourth-order valence-corrected chi connectivity index (χ4v) is 5.02. The van der Waals surface area contributed by atoms with E-state index in [1.807, 2.05) is 59.5 Å². The summed E-state index contributed by atoms with van der Waals surface area (Å²) in [5.74, 6) is 0.428. The third kappa shape index (κ3) is 4.15. The third-order valence-electron chi connectivity index (χ3n) is 6.88. The number of hydrogen-bond acceptors (Lipinski definition) is 5. The molecule has 3 aromatic rings. The molecule has 5 rings (SSSR count). The minimum Gasteiger partial charge on any atom is -0.384 e. The number of benzene rings is 2. The highest BCUT2D eigenvalue weighted by Gasteiger charge is 2.56. The highest BCUT2D eigenvalue weighted by Crippen LogP contribution is 2.36. The minimum absolute atomic E-state index is 0.0639. The lowest BCUT2D eigenvalue weighted by molar-refractivity contribution is -0.134. The van der Waals surface area contributed by atoms with Gasteiger partial charge in [0, 0.05) is 12.1 Å². The van der Waals surface area contributed by atoms with Crippen molar-refractivity contribution in [1.82, 2.24) is 20.1 Å². The molecule has 7 heteroatoms. The molecule has 174 valence electrons. The summed E-state index contributed by atoms with van der Waals surface area (Å²) in [6, 6.07) is 23.3. The third-order valence-corrected chi connectivity index (χ3v) is 6.88. The number of imide groups is 1. The molecule has 0 unspecified atom stereocenters. The lowest BCUT2D eigenvalue weighted by Gasteiger charge is -2.38. The standard InChI is InChI=1S/C27H29N5O2/c28-24-8-4-7-23(30-24)22-11-9-20(10-12-22)13-18-32-26(34)31(19-21-5-2-1-3-6-21)25(33)27(32)14-16-29-17-15-27/h1-12,29H,13-19H2,(H2,28,30). The number of pyridine rings is 1. The van der Waals surface area contributed by atoms with Crippen LogP contribution in [0.15, 0.2) is 72.8 Å². The van der Waals surface area contributed by atoms with Gasteiger partial charge in [-0.05, 0) is 55.6 Å². The Hall–Kier alpha value is -3.71. The smallest absolute Gasteiger partial charge is 0.328 e. The number of nitrogens with one attached hydrogen (secondary N) is 1. The van der Waals surface area contributed by atoms with Gasteiger partial charge in [-0.2, -0.15) is 0 Å². The number of nitrogens with zero attached hydrogens (tertiary/aromatic N) is 3. The topological polar surface area (TPSA) is 91.6 Å². The first-order chi connectivity index (χ1) is 16.6. The van der Waals surface area contributed by atoms with Crippen molar-refractivity contribution < 1.29 is 9.59 Å². The molecule has 2 aliphatic heterocycles. The fourth-order valence-electron chi connectivity index (χ4n) is 5.02. The van der Waals surface area contributed by atoms with E-state index in [1.165, 1.54) is 4.90 Å². The van der Waals surface area contributed by atoms with Crippen LogP contribution in [0.4, 0.5) is 10.6 Å². The highest BCUT2D eigenvalue weighted by molar-refractivity contribution is 6.07. The zero-order valence-electron chi connectivity index (χ0n) is 19.1. The van der Waals surface area contributed by atoms with Gasteiger partial charge < -0.3 is 16.0 Å². The van der Waals surface area contributed by atoms with Crippen molar-refractivity contribution in [3.8, 4) is 11.3 Å². The maximum Gasteiger partial charge on any atom is 0.328 e. The molecule has 2 fully saturated rings. The molecule has 3 heterocycles. The van der Waals surface area contributed by atoms with Gasteiger partial charge in [0.1, 0.15) is 11.4 Å². The summed E-state index contributed by atoms with van der Waals surface area (Å²) in [6.45, 7) is 2.28. The van der Waals surface area contributed by atoms with Crippen LogP contribution in [0.1, 0.15) is 24.0 Å². The predicted molar refractivity (Wildman–Crippen MR) is 132 cm³/mol. The van der Waals surface area contributed by atoms with Gasteiger partial charge >= 0.3 is 6.03 Å². The Bertz CT molecular complexity index is 1170. The Labute approximate surface area is 199 Å². The number of urea groups is 1. The molecule has 1 aromatic heterocycles. The van der Waals surface area contributed by atoms with E-state index in [1.54, 1.807) is 6.07 Å². The van der Waals surface area contributed by atoms with Crippen LogP contribution in [0, 0.1) is 0 Å². The fraction of sp³-hybridized carbons (Fsp3) is 0.296. The summed E-state index contributed by atoms with van der Waals surface area (Å²) < 4.78 is 0. The molecule has 0 aliphatic carbocycles. The molecule has 0 radical (unpaired) electrons. The number of carbonyl (C=O) groups excluding carboxylic acids is 2. The molecular weight excluding hydrogens is 426 g/mol. The van der Waals surface area contributed by atoms with Gasteiger partial charge in [0.2, 0.25) is 0 Å². The van der Waals surface area contributed by atoms with E-state index in [4.69, 9.17) is 5.73 Å². The van der Waals surface area contributed by atoms with E-state index < -0.39 is 5.54 Å². The summed E-state index contributed by atoms with van der Waals surface area (Å²) in [5.41, 5.74) is 8.96. The first-order valence-electron chi connectivity index (χ1n) is 11.8. The van der Waals surface area contributed by atoms with Gasteiger partial charge in [-0.1, -0.05) is 60.7 Å². The van der Waals surface area contributed by atoms with E-state index in [0.717, 1.165) is 35.5 Å². The number of nitrogens with two attached hydrogens (primary N) is 1. The normalized spacial score (nSPS) is 17.5. The minimum atomic E-state index is -0.747. The van der Waals surface area contributed by atoms with Crippen LogP contribution in [-0.4, -0.2) is 51.9 Å². The molecule has 7 nitrogen and oxygen atoms in total. The number of piperidine rings is 1. The van der Waals surface area contributed by atoms with E-state index in [-0.39, 0.29) is 11.9 Å². The van der Waals surface area contributed by atoms with Gasteiger partial charge in [-0.15, -0.1) is 0 Å². The van der Waals surface area contributed by atoms with Crippen molar-refractivity contribution in [2.45, 2.75) is 31.3 Å². The molecular formula is C27H29N5O2.